The van der Waals surface area contributed by atoms with E-state index in [1.807, 2.05) is 13.0 Å². The summed E-state index contributed by atoms with van der Waals surface area (Å²) < 4.78 is 30.8. The lowest BCUT2D eigenvalue weighted by Gasteiger charge is -2.14. The summed E-state index contributed by atoms with van der Waals surface area (Å²) in [5.74, 6) is 0.411. The predicted octanol–water partition coefficient (Wildman–Crippen LogP) is 5.48. The maximum Gasteiger partial charge on any atom is 0.513 e. The van der Waals surface area contributed by atoms with Crippen LogP contribution in [-0.2, 0) is 17.8 Å². The number of hydrogen-bond donors (Lipinski definition) is 0. The summed E-state index contributed by atoms with van der Waals surface area (Å²) in [5, 5.41) is 0. The molecule has 4 nitrogen and oxygen atoms in total. The third-order valence-corrected chi connectivity index (χ3v) is 4.92. The minimum atomic E-state index is -0.808. The predicted molar refractivity (Wildman–Crippen MR) is 100 cm³/mol. The number of carbonyl (C=O) groups is 1. The van der Waals surface area contributed by atoms with E-state index < -0.39 is 6.16 Å². The second kappa shape index (κ2) is 8.66. The Kier molecular flexibility index (Phi) is 6.85. The number of hydrogen-bond acceptors (Lipinski definition) is 4. The van der Waals surface area contributed by atoms with Crippen molar-refractivity contribution in [2.45, 2.75) is 20.0 Å². The Hall–Kier alpha value is -1.35. The summed E-state index contributed by atoms with van der Waals surface area (Å²) >= 11 is 5.50. The van der Waals surface area contributed by atoms with Crippen LogP contribution in [0.2, 0.25) is 0 Å². The van der Waals surface area contributed by atoms with E-state index in [0.717, 1.165) is 3.57 Å². The number of carbonyl (C=O) groups excluding carboxylic acids is 1. The lowest BCUT2D eigenvalue weighted by atomic mass is 10.1. The van der Waals surface area contributed by atoms with Crippen LogP contribution >= 0.6 is 38.5 Å². The van der Waals surface area contributed by atoms with Gasteiger partial charge in [-0.25, -0.2) is 9.18 Å². The standard InChI is InChI=1S/C17H15BrFIO4/c1-3-10-7-12(18)16(8-13(10)19)23-9-11-14(20)5-4-6-15(11)24-17(21)22-2/h4-8H,3,9H2,1-2H3. The molecule has 0 aliphatic heterocycles. The van der Waals surface area contributed by atoms with Crippen LogP contribution in [-0.4, -0.2) is 13.3 Å². The Morgan fingerprint density at radius 3 is 2.71 bits per heavy atom. The van der Waals surface area contributed by atoms with E-state index in [2.05, 4.69) is 43.3 Å². The second-order valence-corrected chi connectivity index (χ2v) is 6.81. The number of aryl methyl sites for hydroxylation is 1. The van der Waals surface area contributed by atoms with Gasteiger partial charge < -0.3 is 14.2 Å². The van der Waals surface area contributed by atoms with Gasteiger partial charge in [0.2, 0.25) is 0 Å². The van der Waals surface area contributed by atoms with Gasteiger partial charge in [0.05, 0.1) is 11.6 Å². The zero-order chi connectivity index (χ0) is 17.7. The molecule has 0 spiro atoms. The molecule has 128 valence electrons. The van der Waals surface area contributed by atoms with Gasteiger partial charge in [0.25, 0.3) is 0 Å². The van der Waals surface area contributed by atoms with Crippen LogP contribution in [0.5, 0.6) is 11.5 Å². The van der Waals surface area contributed by atoms with Gasteiger partial charge in [0, 0.05) is 15.2 Å². The van der Waals surface area contributed by atoms with E-state index >= 15 is 0 Å². The SMILES string of the molecule is CCc1cc(Br)c(OCc2c(I)cccc2OC(=O)OC)cc1F. The summed E-state index contributed by atoms with van der Waals surface area (Å²) in [6, 6.07) is 8.31. The molecule has 2 aromatic rings. The van der Waals surface area contributed by atoms with Crippen molar-refractivity contribution < 1.29 is 23.4 Å². The Morgan fingerprint density at radius 1 is 1.29 bits per heavy atom. The molecule has 0 unspecified atom stereocenters. The second-order valence-electron chi connectivity index (χ2n) is 4.79. The van der Waals surface area contributed by atoms with Gasteiger partial charge in [-0.05, 0) is 68.7 Å². The quantitative estimate of drug-likeness (QED) is 0.305. The van der Waals surface area contributed by atoms with Gasteiger partial charge in [-0.1, -0.05) is 13.0 Å². The van der Waals surface area contributed by atoms with Crippen molar-refractivity contribution in [1.82, 2.24) is 0 Å². The first kappa shape index (κ1) is 19.0. The molecule has 0 bridgehead atoms. The number of rotatable bonds is 5. The van der Waals surface area contributed by atoms with Crippen LogP contribution < -0.4 is 9.47 Å². The van der Waals surface area contributed by atoms with Crippen LogP contribution in [0.3, 0.4) is 0 Å². The van der Waals surface area contributed by atoms with E-state index in [4.69, 9.17) is 9.47 Å². The number of halogens is 3. The van der Waals surface area contributed by atoms with Crippen molar-refractivity contribution in [3.63, 3.8) is 0 Å². The molecule has 0 heterocycles. The van der Waals surface area contributed by atoms with E-state index in [9.17, 15) is 9.18 Å². The fourth-order valence-corrected chi connectivity index (χ4v) is 3.14. The summed E-state index contributed by atoms with van der Waals surface area (Å²) in [6.45, 7) is 2.00. The van der Waals surface area contributed by atoms with Crippen LogP contribution in [0.4, 0.5) is 9.18 Å². The molecule has 0 aliphatic carbocycles. The van der Waals surface area contributed by atoms with Crippen LogP contribution in [0.15, 0.2) is 34.8 Å². The number of methoxy groups -OCH3 is 1. The number of ether oxygens (including phenoxy) is 3. The van der Waals surface area contributed by atoms with E-state index in [1.54, 1.807) is 18.2 Å². The van der Waals surface area contributed by atoms with Crippen molar-refractivity contribution in [1.29, 1.82) is 0 Å². The van der Waals surface area contributed by atoms with Crippen LogP contribution in [0.25, 0.3) is 0 Å². The van der Waals surface area contributed by atoms with Crippen molar-refractivity contribution in [2.75, 3.05) is 7.11 Å². The van der Waals surface area contributed by atoms with Crippen molar-refractivity contribution in [3.05, 3.63) is 55.3 Å². The van der Waals surface area contributed by atoms with Gasteiger partial charge in [-0.3, -0.25) is 0 Å². The zero-order valence-corrected chi connectivity index (χ0v) is 16.8. The fraction of sp³-hybridized carbons (Fsp3) is 0.235. The molecular formula is C17H15BrFIO4. The molecule has 0 fully saturated rings. The number of benzene rings is 2. The minimum Gasteiger partial charge on any atom is -0.487 e. The maximum absolute atomic E-state index is 13.9. The molecule has 0 amide bonds. The molecule has 7 heteroatoms. The highest BCUT2D eigenvalue weighted by molar-refractivity contribution is 14.1. The van der Waals surface area contributed by atoms with Crippen molar-refractivity contribution >= 4 is 44.7 Å². The molecule has 0 N–H and O–H groups in total. The highest BCUT2D eigenvalue weighted by atomic mass is 127. The van der Waals surface area contributed by atoms with Gasteiger partial charge in [0.1, 0.15) is 23.9 Å². The molecule has 0 radical (unpaired) electrons. The summed E-state index contributed by atoms with van der Waals surface area (Å²) in [6.07, 6.45) is -0.212. The normalized spacial score (nSPS) is 10.4. The maximum atomic E-state index is 13.9. The van der Waals surface area contributed by atoms with Gasteiger partial charge in [0.15, 0.2) is 0 Å². The minimum absolute atomic E-state index is 0.120. The fourth-order valence-electron chi connectivity index (χ4n) is 2.01. The van der Waals surface area contributed by atoms with Gasteiger partial charge in [-0.2, -0.15) is 0 Å². The van der Waals surface area contributed by atoms with Crippen LogP contribution in [0, 0.1) is 9.39 Å². The largest absolute Gasteiger partial charge is 0.513 e. The van der Waals surface area contributed by atoms with Crippen molar-refractivity contribution in [3.8, 4) is 11.5 Å². The van der Waals surface area contributed by atoms with E-state index in [1.165, 1.54) is 13.2 Å². The Morgan fingerprint density at radius 2 is 2.04 bits per heavy atom. The highest BCUT2D eigenvalue weighted by Gasteiger charge is 2.14. The van der Waals surface area contributed by atoms with Crippen molar-refractivity contribution in [2.24, 2.45) is 0 Å². The topological polar surface area (TPSA) is 44.8 Å². The molecular weight excluding hydrogens is 494 g/mol. The van der Waals surface area contributed by atoms with E-state index in [0.29, 0.717) is 33.5 Å². The highest BCUT2D eigenvalue weighted by Crippen LogP contribution is 2.31. The Labute approximate surface area is 161 Å². The Bertz CT molecular complexity index is 752. The summed E-state index contributed by atoms with van der Waals surface area (Å²) in [5.41, 5.74) is 1.29. The Balaban J connectivity index is 2.23. The third-order valence-electron chi connectivity index (χ3n) is 3.29. The molecule has 0 aromatic heterocycles. The zero-order valence-electron chi connectivity index (χ0n) is 13.1. The summed E-state index contributed by atoms with van der Waals surface area (Å²) in [7, 11) is 1.24. The molecule has 24 heavy (non-hydrogen) atoms. The molecule has 0 atom stereocenters. The molecule has 0 aliphatic rings. The lowest BCUT2D eigenvalue weighted by Crippen LogP contribution is -2.10. The molecule has 0 saturated heterocycles. The van der Waals surface area contributed by atoms with Crippen LogP contribution in [0.1, 0.15) is 18.1 Å². The third kappa shape index (κ3) is 4.60. The molecule has 0 saturated carbocycles. The molecule has 2 rings (SSSR count). The van der Waals surface area contributed by atoms with Gasteiger partial charge in [-0.15, -0.1) is 0 Å². The summed E-state index contributed by atoms with van der Waals surface area (Å²) in [4.78, 5) is 11.3. The average Bonchev–Trinajstić information content (AvgIpc) is 2.56. The first-order valence-corrected chi connectivity index (χ1v) is 8.97. The average molecular weight is 509 g/mol. The molecule has 2 aromatic carbocycles. The van der Waals surface area contributed by atoms with Gasteiger partial charge >= 0.3 is 6.16 Å². The monoisotopic (exact) mass is 508 g/mol. The lowest BCUT2D eigenvalue weighted by molar-refractivity contribution is 0.120. The smallest absolute Gasteiger partial charge is 0.487 e. The van der Waals surface area contributed by atoms with E-state index in [-0.39, 0.29) is 12.4 Å². The first-order chi connectivity index (χ1) is 11.5. The first-order valence-electron chi connectivity index (χ1n) is 7.10.